The zero-order chi connectivity index (χ0) is 23.3. The predicted octanol–water partition coefficient (Wildman–Crippen LogP) is 4.44. The maximum atomic E-state index is 13.3. The maximum Gasteiger partial charge on any atom is 0.257 e. The normalized spacial score (nSPS) is 18.2. The average molecular weight is 469 g/mol. The summed E-state index contributed by atoms with van der Waals surface area (Å²) in [4.78, 5) is 14.9. The van der Waals surface area contributed by atoms with Crippen LogP contribution in [0.4, 0.5) is 0 Å². The number of sulfonamides is 1. The van der Waals surface area contributed by atoms with E-state index in [1.54, 1.807) is 21.3 Å². The lowest BCUT2D eigenvalue weighted by atomic mass is 9.94. The number of methoxy groups -OCH3 is 1. The van der Waals surface area contributed by atoms with E-state index < -0.39 is 10.0 Å². The first-order chi connectivity index (χ1) is 16.0. The molecule has 1 amide bonds. The van der Waals surface area contributed by atoms with Crippen molar-refractivity contribution in [3.63, 3.8) is 0 Å². The Kier molecular flexibility index (Phi) is 7.50. The molecule has 2 aromatic rings. The number of piperidine rings is 1. The summed E-state index contributed by atoms with van der Waals surface area (Å²) >= 11 is 0. The van der Waals surface area contributed by atoms with Crippen molar-refractivity contribution in [2.75, 3.05) is 33.3 Å². The molecular formula is C26H32N2O4S. The first-order valence-electron chi connectivity index (χ1n) is 11.7. The minimum atomic E-state index is -3.66. The number of allylic oxidation sites excluding steroid dienone is 1. The summed E-state index contributed by atoms with van der Waals surface area (Å²) in [6.45, 7) is 2.39. The highest BCUT2D eigenvalue weighted by Gasteiger charge is 2.31. The van der Waals surface area contributed by atoms with E-state index >= 15 is 0 Å². The van der Waals surface area contributed by atoms with Crippen molar-refractivity contribution < 1.29 is 17.9 Å². The van der Waals surface area contributed by atoms with Gasteiger partial charge < -0.3 is 9.64 Å². The van der Waals surface area contributed by atoms with E-state index in [-0.39, 0.29) is 10.8 Å². The van der Waals surface area contributed by atoms with Crippen LogP contribution in [-0.2, 0) is 10.0 Å². The number of amides is 1. The Balaban J connectivity index is 1.41. The largest absolute Gasteiger partial charge is 0.496 e. The number of carbonyl (C=O) groups is 1. The van der Waals surface area contributed by atoms with Gasteiger partial charge >= 0.3 is 0 Å². The van der Waals surface area contributed by atoms with Gasteiger partial charge in [-0.1, -0.05) is 42.5 Å². The summed E-state index contributed by atoms with van der Waals surface area (Å²) in [6.07, 6.45) is 8.86. The molecule has 0 N–H and O–H groups in total. The number of hydrogen-bond donors (Lipinski definition) is 0. The Morgan fingerprint density at radius 3 is 2.39 bits per heavy atom. The summed E-state index contributed by atoms with van der Waals surface area (Å²) in [6, 6.07) is 14.8. The SMILES string of the molecule is COc1ccc(S(=O)(=O)N2CCC(C/C=C/c3ccccc3)CC2)cc1C(=O)N1CCCC1. The van der Waals surface area contributed by atoms with E-state index in [9.17, 15) is 13.2 Å². The Morgan fingerprint density at radius 1 is 1.03 bits per heavy atom. The minimum absolute atomic E-state index is 0.160. The second kappa shape index (κ2) is 10.5. The second-order valence-electron chi connectivity index (χ2n) is 8.76. The van der Waals surface area contributed by atoms with Gasteiger partial charge in [0.1, 0.15) is 5.75 Å². The molecule has 176 valence electrons. The second-order valence-corrected chi connectivity index (χ2v) is 10.7. The van der Waals surface area contributed by atoms with Crippen LogP contribution in [-0.4, -0.2) is 56.8 Å². The molecule has 6 nitrogen and oxygen atoms in total. The maximum absolute atomic E-state index is 13.3. The van der Waals surface area contributed by atoms with Gasteiger partial charge in [0.2, 0.25) is 10.0 Å². The van der Waals surface area contributed by atoms with Crippen LogP contribution in [0.3, 0.4) is 0 Å². The van der Waals surface area contributed by atoms with Crippen LogP contribution in [0.2, 0.25) is 0 Å². The molecule has 2 fully saturated rings. The minimum Gasteiger partial charge on any atom is -0.496 e. The molecule has 0 aromatic heterocycles. The van der Waals surface area contributed by atoms with E-state index in [0.29, 0.717) is 43.4 Å². The van der Waals surface area contributed by atoms with Crippen LogP contribution in [0.15, 0.2) is 59.5 Å². The van der Waals surface area contributed by atoms with E-state index in [2.05, 4.69) is 24.3 Å². The van der Waals surface area contributed by atoms with Gasteiger partial charge in [0.15, 0.2) is 0 Å². The number of likely N-dealkylation sites (tertiary alicyclic amines) is 1. The topological polar surface area (TPSA) is 66.9 Å². The van der Waals surface area contributed by atoms with Crippen LogP contribution >= 0.6 is 0 Å². The van der Waals surface area contributed by atoms with Gasteiger partial charge in [0.25, 0.3) is 5.91 Å². The van der Waals surface area contributed by atoms with E-state index in [1.165, 1.54) is 18.7 Å². The average Bonchev–Trinajstić information content (AvgIpc) is 3.39. The standard InChI is InChI=1S/C26H32N2O4S/c1-32-25-13-12-23(20-24(25)26(29)27-16-5-6-17-27)33(30,31)28-18-14-22(15-19-28)11-7-10-21-8-3-2-4-9-21/h2-4,7-10,12-13,20,22H,5-6,11,14-19H2,1H3/b10-7+. The van der Waals surface area contributed by atoms with Crippen molar-refractivity contribution in [3.05, 3.63) is 65.7 Å². The fraction of sp³-hybridized carbons (Fsp3) is 0.423. The molecule has 0 radical (unpaired) electrons. The van der Waals surface area contributed by atoms with Gasteiger partial charge in [-0.3, -0.25) is 4.79 Å². The van der Waals surface area contributed by atoms with Gasteiger partial charge in [-0.05, 0) is 61.8 Å². The molecule has 0 bridgehead atoms. The van der Waals surface area contributed by atoms with E-state index in [0.717, 1.165) is 32.1 Å². The molecule has 0 unspecified atom stereocenters. The van der Waals surface area contributed by atoms with Gasteiger partial charge in [0, 0.05) is 26.2 Å². The lowest BCUT2D eigenvalue weighted by molar-refractivity contribution is 0.0789. The van der Waals surface area contributed by atoms with Gasteiger partial charge in [-0.2, -0.15) is 4.31 Å². The summed E-state index contributed by atoms with van der Waals surface area (Å²) in [5, 5.41) is 0. The fourth-order valence-corrected chi connectivity index (χ4v) is 6.10. The molecule has 2 aliphatic heterocycles. The molecule has 2 aromatic carbocycles. The Morgan fingerprint density at radius 2 is 1.73 bits per heavy atom. The Hall–Kier alpha value is -2.64. The molecule has 33 heavy (non-hydrogen) atoms. The first-order valence-corrected chi connectivity index (χ1v) is 13.1. The third-order valence-electron chi connectivity index (χ3n) is 6.59. The highest BCUT2D eigenvalue weighted by molar-refractivity contribution is 7.89. The summed E-state index contributed by atoms with van der Waals surface area (Å²) in [5.74, 6) is 0.722. The molecule has 2 aliphatic rings. The zero-order valence-electron chi connectivity index (χ0n) is 19.2. The number of ether oxygens (including phenoxy) is 1. The quantitative estimate of drug-likeness (QED) is 0.603. The van der Waals surface area contributed by atoms with Crippen LogP contribution in [0, 0.1) is 5.92 Å². The molecule has 0 aliphatic carbocycles. The molecular weight excluding hydrogens is 436 g/mol. The van der Waals surface area contributed by atoms with Crippen LogP contribution in [0.5, 0.6) is 5.75 Å². The first kappa shape index (κ1) is 23.5. The highest BCUT2D eigenvalue weighted by atomic mass is 32.2. The Bertz CT molecular complexity index is 1080. The molecule has 0 atom stereocenters. The van der Waals surface area contributed by atoms with Crippen molar-refractivity contribution >= 4 is 22.0 Å². The fourth-order valence-electron chi connectivity index (χ4n) is 4.60. The van der Waals surface area contributed by atoms with Gasteiger partial charge in [-0.25, -0.2) is 8.42 Å². The number of rotatable bonds is 7. The lowest BCUT2D eigenvalue weighted by Crippen LogP contribution is -2.38. The zero-order valence-corrected chi connectivity index (χ0v) is 20.0. The third-order valence-corrected chi connectivity index (χ3v) is 8.48. The number of hydrogen-bond acceptors (Lipinski definition) is 4. The van der Waals surface area contributed by atoms with Crippen LogP contribution in [0.25, 0.3) is 6.08 Å². The predicted molar refractivity (Wildman–Crippen MR) is 130 cm³/mol. The summed E-state index contributed by atoms with van der Waals surface area (Å²) < 4.78 is 33.6. The highest BCUT2D eigenvalue weighted by Crippen LogP contribution is 2.30. The van der Waals surface area contributed by atoms with Gasteiger partial charge in [-0.15, -0.1) is 0 Å². The number of nitrogens with zero attached hydrogens (tertiary/aromatic N) is 2. The molecule has 0 spiro atoms. The molecule has 0 saturated carbocycles. The van der Waals surface area contributed by atoms with Crippen molar-refractivity contribution in [1.29, 1.82) is 0 Å². The summed E-state index contributed by atoms with van der Waals surface area (Å²) in [7, 11) is -2.16. The third kappa shape index (κ3) is 5.47. The van der Waals surface area contributed by atoms with Gasteiger partial charge in [0.05, 0.1) is 17.6 Å². The Labute approximate surface area is 196 Å². The lowest BCUT2D eigenvalue weighted by Gasteiger charge is -2.31. The summed E-state index contributed by atoms with van der Waals surface area (Å²) in [5.41, 5.74) is 1.50. The molecule has 7 heteroatoms. The van der Waals surface area contributed by atoms with Crippen molar-refractivity contribution in [3.8, 4) is 5.75 Å². The van der Waals surface area contributed by atoms with Crippen LogP contribution < -0.4 is 4.74 Å². The molecule has 4 rings (SSSR count). The monoisotopic (exact) mass is 468 g/mol. The van der Waals surface area contributed by atoms with Crippen molar-refractivity contribution in [2.45, 2.75) is 37.0 Å². The van der Waals surface area contributed by atoms with Crippen molar-refractivity contribution in [1.82, 2.24) is 9.21 Å². The van der Waals surface area contributed by atoms with E-state index in [1.807, 2.05) is 18.2 Å². The molecule has 2 heterocycles. The number of carbonyl (C=O) groups excluding carboxylic acids is 1. The smallest absolute Gasteiger partial charge is 0.257 e. The number of benzene rings is 2. The van der Waals surface area contributed by atoms with E-state index in [4.69, 9.17) is 4.74 Å². The van der Waals surface area contributed by atoms with Crippen molar-refractivity contribution in [2.24, 2.45) is 5.92 Å². The van der Waals surface area contributed by atoms with Crippen LogP contribution in [0.1, 0.15) is 48.0 Å². The molecule has 2 saturated heterocycles.